The fourth-order valence-corrected chi connectivity index (χ4v) is 0. The molecule has 0 aliphatic carbocycles. The van der Waals surface area contributed by atoms with Gasteiger partial charge in [0, 0.05) is 0 Å². The van der Waals surface area contributed by atoms with Crippen LogP contribution in [0.3, 0.4) is 0 Å². The van der Waals surface area contributed by atoms with E-state index in [2.05, 4.69) is 0 Å². The number of hydrogen-bond acceptors (Lipinski definition) is 3. The van der Waals surface area contributed by atoms with Gasteiger partial charge >= 0.3 is 161 Å². The van der Waals surface area contributed by atoms with E-state index in [1.54, 1.807) is 0 Å². The Balaban J connectivity index is -0.00000000300. The Morgan fingerprint density at radius 1 is 0.857 bits per heavy atom. The van der Waals surface area contributed by atoms with Crippen molar-refractivity contribution in [3.8, 4) is 0 Å². The minimum absolute atomic E-state index is 0. The summed E-state index contributed by atoms with van der Waals surface area (Å²) in [5, 5.41) is 21.5. The molecule has 0 rings (SSSR count). The molecule has 0 aromatic heterocycles. The van der Waals surface area contributed by atoms with Gasteiger partial charge in [0.25, 0.3) is 0 Å². The second-order valence-corrected chi connectivity index (χ2v) is 0.346. The zero-order chi connectivity index (χ0) is 3.58. The van der Waals surface area contributed by atoms with Crippen molar-refractivity contribution in [2.45, 2.75) is 0 Å². The van der Waals surface area contributed by atoms with E-state index < -0.39 is 7.32 Å². The van der Waals surface area contributed by atoms with Crippen LogP contribution in [0.15, 0.2) is 0 Å². The van der Waals surface area contributed by atoms with Gasteiger partial charge in [-0.05, 0) is 0 Å². The third-order valence-electron chi connectivity index (χ3n) is 0. The molecule has 0 aromatic rings. The topological polar surface area (TPSA) is 60.7 Å². The van der Waals surface area contributed by atoms with E-state index in [1.807, 2.05) is 0 Å². The Morgan fingerprint density at radius 3 is 0.857 bits per heavy atom. The molecule has 0 bridgehead atoms. The third-order valence-corrected chi connectivity index (χ3v) is 0. The molecule has 0 saturated heterocycles. The van der Waals surface area contributed by atoms with Crippen molar-refractivity contribution >= 4 is 7.32 Å². The fourth-order valence-electron chi connectivity index (χ4n) is 0. The maximum atomic E-state index is 7.17. The molecule has 30 valence electrons. The molecule has 0 fully saturated rings. The predicted octanol–water partition coefficient (Wildman–Crippen LogP) is -10.7. The molecule has 0 aliphatic rings. The van der Waals surface area contributed by atoms with Crippen LogP contribution in [0.1, 0.15) is 4.28 Å². The Hall–Kier alpha value is 4.85. The van der Waals surface area contributed by atoms with Crippen molar-refractivity contribution in [1.29, 1.82) is 0 Å². The SMILES string of the molecule is OB(O)O.[H-].[H-].[H-].[K+].[K+].[K+]. The van der Waals surface area contributed by atoms with E-state index in [4.69, 9.17) is 15.1 Å². The second kappa shape index (κ2) is 17.1. The Labute approximate surface area is 175 Å². The van der Waals surface area contributed by atoms with E-state index in [0.717, 1.165) is 0 Å². The zero-order valence-corrected chi connectivity index (χ0v) is 14.3. The van der Waals surface area contributed by atoms with Crippen LogP contribution in [0.2, 0.25) is 0 Å². The average molecular weight is 182 g/mol. The Kier molecular flexibility index (Phi) is 55.3. The maximum absolute atomic E-state index is 7.17. The number of rotatable bonds is 0. The van der Waals surface area contributed by atoms with Crippen LogP contribution >= 0.6 is 0 Å². The summed E-state index contributed by atoms with van der Waals surface area (Å²) in [5.41, 5.74) is 0. The van der Waals surface area contributed by atoms with Gasteiger partial charge in [0.2, 0.25) is 0 Å². The van der Waals surface area contributed by atoms with Crippen molar-refractivity contribution < 1.29 is 174 Å². The van der Waals surface area contributed by atoms with Crippen molar-refractivity contribution in [1.82, 2.24) is 0 Å². The van der Waals surface area contributed by atoms with Crippen LogP contribution in [-0.2, 0) is 0 Å². The predicted molar refractivity (Wildman–Crippen MR) is 15.7 cm³/mol. The van der Waals surface area contributed by atoms with Gasteiger partial charge in [0.1, 0.15) is 0 Å². The normalized spacial score (nSPS) is 3.86. The molecule has 0 aliphatic heterocycles. The minimum Gasteiger partial charge on any atom is -1.00 e. The zero-order valence-electron chi connectivity index (χ0n) is 7.92. The van der Waals surface area contributed by atoms with Crippen LogP contribution in [0.25, 0.3) is 0 Å². The molecule has 0 radical (unpaired) electrons. The van der Waals surface area contributed by atoms with Gasteiger partial charge in [-0.1, -0.05) is 0 Å². The quantitative estimate of drug-likeness (QED) is 0.326. The van der Waals surface area contributed by atoms with Gasteiger partial charge in [0.15, 0.2) is 0 Å². The van der Waals surface area contributed by atoms with Gasteiger partial charge in [-0.2, -0.15) is 0 Å². The molecule has 0 heterocycles. The van der Waals surface area contributed by atoms with E-state index in [1.165, 1.54) is 0 Å². The summed E-state index contributed by atoms with van der Waals surface area (Å²) < 4.78 is 0. The average Bonchev–Trinajstić information content (AvgIpc) is 0.811. The molecule has 0 amide bonds. The standard InChI is InChI=1S/BH3O3.3K.3H/c2-1(3)4;;;;;;/h2-4H;;;;;;/q;3*+1;3*-1. The first-order valence-corrected chi connectivity index (χ1v) is 0.775. The molecule has 3 N–H and O–H groups in total. The Bertz CT molecular complexity index is 23.7. The molecular weight excluding hydrogens is 176 g/mol. The van der Waals surface area contributed by atoms with Crippen molar-refractivity contribution in [2.75, 3.05) is 0 Å². The largest absolute Gasteiger partial charge is 1.00 e. The molecule has 0 aromatic carbocycles. The van der Waals surface area contributed by atoms with E-state index in [9.17, 15) is 0 Å². The summed E-state index contributed by atoms with van der Waals surface area (Å²) in [6.45, 7) is 0. The second-order valence-electron chi connectivity index (χ2n) is 0.346. The van der Waals surface area contributed by atoms with Crippen LogP contribution in [-0.4, -0.2) is 22.4 Å². The summed E-state index contributed by atoms with van der Waals surface area (Å²) in [4.78, 5) is 0. The summed E-state index contributed by atoms with van der Waals surface area (Å²) in [6.07, 6.45) is 0. The van der Waals surface area contributed by atoms with E-state index in [-0.39, 0.29) is 158 Å². The minimum atomic E-state index is -2.17. The van der Waals surface area contributed by atoms with Gasteiger partial charge in [-0.15, -0.1) is 0 Å². The first-order valence-electron chi connectivity index (χ1n) is 0.775. The summed E-state index contributed by atoms with van der Waals surface area (Å²) in [6, 6.07) is 0. The van der Waals surface area contributed by atoms with Crippen LogP contribution in [0.4, 0.5) is 0 Å². The monoisotopic (exact) mass is 182 g/mol. The van der Waals surface area contributed by atoms with Gasteiger partial charge in [0.05, 0.1) is 0 Å². The van der Waals surface area contributed by atoms with Crippen molar-refractivity contribution in [2.24, 2.45) is 0 Å². The summed E-state index contributed by atoms with van der Waals surface area (Å²) in [5.74, 6) is 0. The maximum Gasteiger partial charge on any atom is 1.00 e. The molecule has 0 atom stereocenters. The van der Waals surface area contributed by atoms with Crippen LogP contribution < -0.4 is 154 Å². The van der Waals surface area contributed by atoms with Gasteiger partial charge < -0.3 is 19.4 Å². The van der Waals surface area contributed by atoms with Crippen LogP contribution in [0.5, 0.6) is 0 Å². The summed E-state index contributed by atoms with van der Waals surface area (Å²) >= 11 is 0. The first-order chi connectivity index (χ1) is 1.73. The summed E-state index contributed by atoms with van der Waals surface area (Å²) in [7, 11) is -2.17. The molecule has 0 saturated carbocycles. The van der Waals surface area contributed by atoms with Crippen molar-refractivity contribution in [3.63, 3.8) is 0 Å². The third kappa shape index (κ3) is 36.1. The molecule has 7 heavy (non-hydrogen) atoms. The van der Waals surface area contributed by atoms with E-state index in [0.29, 0.717) is 0 Å². The molecule has 0 unspecified atom stereocenters. The van der Waals surface area contributed by atoms with Gasteiger partial charge in [-0.3, -0.25) is 0 Å². The van der Waals surface area contributed by atoms with Crippen LogP contribution in [0, 0.1) is 0 Å². The molecule has 3 nitrogen and oxygen atoms in total. The smallest absolute Gasteiger partial charge is 1.00 e. The van der Waals surface area contributed by atoms with Gasteiger partial charge in [-0.25, -0.2) is 0 Å². The van der Waals surface area contributed by atoms with E-state index >= 15 is 0 Å². The number of hydrogen-bond donors (Lipinski definition) is 3. The molecular formula is H6BK3O3. The van der Waals surface area contributed by atoms with Crippen molar-refractivity contribution in [3.05, 3.63) is 0 Å². The first kappa shape index (κ1) is 22.6. The molecule has 7 heteroatoms. The Morgan fingerprint density at radius 2 is 0.857 bits per heavy atom. The fraction of sp³-hybridized carbons (Fsp3) is 0. The molecule has 0 spiro atoms.